The van der Waals surface area contributed by atoms with Crippen LogP contribution in [0.5, 0.6) is 0 Å². The van der Waals surface area contributed by atoms with Gasteiger partial charge >= 0.3 is 0 Å². The number of likely N-dealkylation sites (N-methyl/N-ethyl adjacent to an activating group) is 1. The molecule has 0 saturated carbocycles. The van der Waals surface area contributed by atoms with Crippen molar-refractivity contribution in [3.05, 3.63) is 68.0 Å². The summed E-state index contributed by atoms with van der Waals surface area (Å²) >= 11 is 8.06. The number of hydrogen-bond acceptors (Lipinski definition) is 1. The van der Waals surface area contributed by atoms with Crippen molar-refractivity contribution in [3.63, 3.8) is 0 Å². The highest BCUT2D eigenvalue weighted by Crippen LogP contribution is 2.25. The molecule has 2 rings (SSSR count). The van der Waals surface area contributed by atoms with Crippen LogP contribution in [0.25, 0.3) is 0 Å². The van der Waals surface area contributed by atoms with Crippen LogP contribution in [-0.4, -0.2) is 6.54 Å². The van der Waals surface area contributed by atoms with Gasteiger partial charge in [-0.3, -0.25) is 0 Å². The second-order valence-corrected chi connectivity index (χ2v) is 6.15. The molecule has 2 aromatic rings. The maximum Gasteiger partial charge on any atom is 0.142 e. The van der Waals surface area contributed by atoms with E-state index in [4.69, 9.17) is 11.6 Å². The highest BCUT2D eigenvalue weighted by molar-refractivity contribution is 14.1. The maximum absolute atomic E-state index is 13.5. The summed E-state index contributed by atoms with van der Waals surface area (Å²) in [5.41, 5.74) is 2.18. The molecule has 4 heteroatoms. The largest absolute Gasteiger partial charge is 0.310 e. The first-order chi connectivity index (χ1) is 9.61. The lowest BCUT2D eigenvalue weighted by molar-refractivity contribution is 0.544. The fourth-order valence-electron chi connectivity index (χ4n) is 2.20. The Morgan fingerprint density at radius 3 is 2.65 bits per heavy atom. The van der Waals surface area contributed by atoms with Crippen LogP contribution in [0.2, 0.25) is 5.02 Å². The summed E-state index contributed by atoms with van der Waals surface area (Å²) in [6, 6.07) is 13.4. The second-order valence-electron chi connectivity index (χ2n) is 4.58. The molecule has 1 N–H and O–H groups in total. The van der Waals surface area contributed by atoms with Crippen LogP contribution in [0.15, 0.2) is 42.5 Å². The van der Waals surface area contributed by atoms with Crippen molar-refractivity contribution < 1.29 is 4.39 Å². The van der Waals surface area contributed by atoms with Gasteiger partial charge in [-0.25, -0.2) is 4.39 Å². The molecule has 0 radical (unpaired) electrons. The average molecular weight is 404 g/mol. The van der Waals surface area contributed by atoms with Gasteiger partial charge in [0.1, 0.15) is 5.82 Å². The van der Waals surface area contributed by atoms with E-state index in [9.17, 15) is 4.39 Å². The Balaban J connectivity index is 2.25. The minimum absolute atomic E-state index is 0.169. The van der Waals surface area contributed by atoms with Crippen LogP contribution >= 0.6 is 34.2 Å². The molecule has 0 bridgehead atoms. The van der Waals surface area contributed by atoms with Gasteiger partial charge in [0.15, 0.2) is 0 Å². The van der Waals surface area contributed by atoms with Crippen molar-refractivity contribution in [2.75, 3.05) is 6.54 Å². The maximum atomic E-state index is 13.5. The van der Waals surface area contributed by atoms with Gasteiger partial charge in [-0.15, -0.1) is 0 Å². The van der Waals surface area contributed by atoms with Gasteiger partial charge in [0.25, 0.3) is 0 Å². The monoisotopic (exact) mass is 403 g/mol. The molecule has 1 nitrogen and oxygen atoms in total. The van der Waals surface area contributed by atoms with Crippen molar-refractivity contribution in [3.8, 4) is 0 Å². The van der Waals surface area contributed by atoms with Crippen molar-refractivity contribution in [2.45, 2.75) is 19.4 Å². The average Bonchev–Trinajstić information content (AvgIpc) is 2.43. The molecule has 0 heterocycles. The summed E-state index contributed by atoms with van der Waals surface area (Å²) in [6.07, 6.45) is 0.738. The summed E-state index contributed by atoms with van der Waals surface area (Å²) in [7, 11) is 0. The first-order valence-corrected chi connectivity index (χ1v) is 7.99. The lowest BCUT2D eigenvalue weighted by atomic mass is 9.99. The fourth-order valence-corrected chi connectivity index (χ4v) is 3.08. The Morgan fingerprint density at radius 1 is 1.25 bits per heavy atom. The Hall–Kier alpha value is -0.650. The summed E-state index contributed by atoms with van der Waals surface area (Å²) in [5, 5.41) is 3.63. The summed E-state index contributed by atoms with van der Waals surface area (Å²) < 4.78 is 14.8. The third-order valence-electron chi connectivity index (χ3n) is 3.16. The zero-order chi connectivity index (χ0) is 14.5. The molecule has 0 spiro atoms. The molecule has 1 unspecified atom stereocenters. The quantitative estimate of drug-likeness (QED) is 0.695. The Kier molecular flexibility index (Phi) is 5.81. The van der Waals surface area contributed by atoms with Gasteiger partial charge in [-0.05, 0) is 64.9 Å². The predicted molar refractivity (Wildman–Crippen MR) is 90.7 cm³/mol. The molecule has 106 valence electrons. The van der Waals surface area contributed by atoms with Crippen LogP contribution in [0.3, 0.4) is 0 Å². The molecule has 0 aliphatic heterocycles. The highest BCUT2D eigenvalue weighted by Gasteiger charge is 2.14. The Bertz CT molecular complexity index is 588. The standard InChI is InChI=1S/C16H16ClFIN/c1-2-20-16(12-5-3-4-6-15(12)19)10-11-7-8-13(17)14(18)9-11/h3-9,16,20H,2,10H2,1H3. The lowest BCUT2D eigenvalue weighted by Gasteiger charge is -2.20. The second kappa shape index (κ2) is 7.38. The molecule has 0 fully saturated rings. The van der Waals surface area contributed by atoms with E-state index in [0.29, 0.717) is 0 Å². The number of nitrogens with one attached hydrogen (secondary N) is 1. The topological polar surface area (TPSA) is 12.0 Å². The van der Waals surface area contributed by atoms with E-state index < -0.39 is 0 Å². The molecular weight excluding hydrogens is 388 g/mol. The Labute approximate surface area is 137 Å². The van der Waals surface area contributed by atoms with Crippen LogP contribution in [0, 0.1) is 9.39 Å². The van der Waals surface area contributed by atoms with Crippen molar-refractivity contribution in [2.24, 2.45) is 0 Å². The molecule has 0 aromatic heterocycles. The predicted octanol–water partition coefficient (Wildman–Crippen LogP) is 4.98. The first-order valence-electron chi connectivity index (χ1n) is 6.53. The van der Waals surface area contributed by atoms with Crippen LogP contribution in [-0.2, 0) is 6.42 Å². The molecule has 0 amide bonds. The zero-order valence-corrected chi connectivity index (χ0v) is 14.1. The van der Waals surface area contributed by atoms with Gasteiger partial charge < -0.3 is 5.32 Å². The zero-order valence-electron chi connectivity index (χ0n) is 11.2. The van der Waals surface area contributed by atoms with Gasteiger partial charge in [0.05, 0.1) is 5.02 Å². The molecule has 0 aliphatic rings. The third-order valence-corrected chi connectivity index (χ3v) is 4.44. The van der Waals surface area contributed by atoms with E-state index in [1.54, 1.807) is 6.07 Å². The fraction of sp³-hybridized carbons (Fsp3) is 0.250. The molecule has 0 aliphatic carbocycles. The minimum Gasteiger partial charge on any atom is -0.310 e. The van der Waals surface area contributed by atoms with Crippen LogP contribution in [0.1, 0.15) is 24.1 Å². The van der Waals surface area contributed by atoms with Crippen molar-refractivity contribution in [1.82, 2.24) is 5.32 Å². The Morgan fingerprint density at radius 2 is 2.00 bits per heavy atom. The number of rotatable bonds is 5. The summed E-state index contributed by atoms with van der Waals surface area (Å²) in [6.45, 7) is 2.94. The van der Waals surface area contributed by atoms with Crippen molar-refractivity contribution >= 4 is 34.2 Å². The highest BCUT2D eigenvalue weighted by atomic mass is 127. The van der Waals surface area contributed by atoms with Gasteiger partial charge in [-0.1, -0.05) is 42.8 Å². The van der Waals surface area contributed by atoms with Gasteiger partial charge in [0.2, 0.25) is 0 Å². The van der Waals surface area contributed by atoms with E-state index in [1.165, 1.54) is 15.2 Å². The molecular formula is C16H16ClFIN. The number of hydrogen-bond donors (Lipinski definition) is 1. The molecule has 20 heavy (non-hydrogen) atoms. The molecule has 2 aromatic carbocycles. The lowest BCUT2D eigenvalue weighted by Crippen LogP contribution is -2.23. The van der Waals surface area contributed by atoms with E-state index in [-0.39, 0.29) is 16.9 Å². The van der Waals surface area contributed by atoms with E-state index in [2.05, 4.69) is 47.0 Å². The first kappa shape index (κ1) is 15.7. The normalized spacial score (nSPS) is 12.4. The van der Waals surface area contributed by atoms with Gasteiger partial charge in [0, 0.05) is 9.61 Å². The van der Waals surface area contributed by atoms with Crippen LogP contribution in [0.4, 0.5) is 4.39 Å². The number of benzene rings is 2. The summed E-state index contributed by atoms with van der Waals surface area (Å²) in [5.74, 6) is -0.359. The van der Waals surface area contributed by atoms with E-state index >= 15 is 0 Å². The number of halogens is 3. The molecule has 0 saturated heterocycles. The van der Waals surface area contributed by atoms with Crippen molar-refractivity contribution in [1.29, 1.82) is 0 Å². The SMILES string of the molecule is CCNC(Cc1ccc(Cl)c(F)c1)c1ccccc1I. The van der Waals surface area contributed by atoms with E-state index in [0.717, 1.165) is 18.5 Å². The van der Waals surface area contributed by atoms with E-state index in [1.807, 2.05) is 18.2 Å². The minimum atomic E-state index is -0.359. The van der Waals surface area contributed by atoms with Gasteiger partial charge in [-0.2, -0.15) is 0 Å². The van der Waals surface area contributed by atoms with Crippen LogP contribution < -0.4 is 5.32 Å². The smallest absolute Gasteiger partial charge is 0.142 e. The third kappa shape index (κ3) is 3.93. The summed E-state index contributed by atoms with van der Waals surface area (Å²) in [4.78, 5) is 0. The molecule has 1 atom stereocenters.